The molecular weight excluding hydrogens is 318 g/mol. The fourth-order valence-corrected chi connectivity index (χ4v) is 2.15. The number of carbonyl (C=O) groups excluding carboxylic acids is 1. The van der Waals surface area contributed by atoms with E-state index in [-0.39, 0.29) is 18.3 Å². The number of aromatic nitrogens is 3. The van der Waals surface area contributed by atoms with Crippen LogP contribution >= 0.6 is 11.6 Å². The standard InChI is InChI=1S/C11H12ClN5O3S/c1-21(19,20)16-10-6-13-17(15-10)7-11(18)14-9-5-3-2-4-8(9)12/h2-6H,7H2,1H3,(H,14,18)(H,15,16). The number of amides is 1. The number of hydrogen-bond donors (Lipinski definition) is 2. The van der Waals surface area contributed by atoms with Gasteiger partial charge in [0, 0.05) is 0 Å². The molecule has 0 aliphatic rings. The zero-order chi connectivity index (χ0) is 15.5. The molecule has 112 valence electrons. The largest absolute Gasteiger partial charge is 0.323 e. The van der Waals surface area contributed by atoms with Crippen molar-refractivity contribution in [1.29, 1.82) is 0 Å². The summed E-state index contributed by atoms with van der Waals surface area (Å²) in [4.78, 5) is 12.9. The van der Waals surface area contributed by atoms with E-state index in [1.165, 1.54) is 6.20 Å². The summed E-state index contributed by atoms with van der Waals surface area (Å²) in [5.74, 6) is -0.340. The number of para-hydroxylation sites is 1. The highest BCUT2D eigenvalue weighted by Gasteiger charge is 2.10. The summed E-state index contributed by atoms with van der Waals surface area (Å²) in [5, 5.41) is 10.6. The highest BCUT2D eigenvalue weighted by atomic mass is 35.5. The topological polar surface area (TPSA) is 106 Å². The Morgan fingerprint density at radius 1 is 1.38 bits per heavy atom. The van der Waals surface area contributed by atoms with Gasteiger partial charge in [-0.1, -0.05) is 23.7 Å². The van der Waals surface area contributed by atoms with Gasteiger partial charge in [0.15, 0.2) is 5.82 Å². The molecule has 0 aliphatic heterocycles. The van der Waals surface area contributed by atoms with Crippen molar-refractivity contribution in [3.63, 3.8) is 0 Å². The molecule has 0 bridgehead atoms. The van der Waals surface area contributed by atoms with Crippen molar-refractivity contribution in [2.24, 2.45) is 0 Å². The third-order valence-electron chi connectivity index (χ3n) is 2.26. The van der Waals surface area contributed by atoms with Crippen molar-refractivity contribution < 1.29 is 13.2 Å². The van der Waals surface area contributed by atoms with Crippen LogP contribution in [0.1, 0.15) is 0 Å². The average molecular weight is 330 g/mol. The Bertz CT molecular complexity index is 759. The minimum Gasteiger partial charge on any atom is -0.323 e. The first-order valence-electron chi connectivity index (χ1n) is 5.76. The fraction of sp³-hybridized carbons (Fsp3) is 0.182. The second kappa shape index (κ2) is 6.10. The molecule has 21 heavy (non-hydrogen) atoms. The van der Waals surface area contributed by atoms with Crippen molar-refractivity contribution in [3.8, 4) is 0 Å². The molecule has 10 heteroatoms. The number of nitrogens with zero attached hydrogens (tertiary/aromatic N) is 3. The molecule has 0 spiro atoms. The van der Waals surface area contributed by atoms with Gasteiger partial charge in [-0.25, -0.2) is 8.42 Å². The average Bonchev–Trinajstić information content (AvgIpc) is 2.77. The van der Waals surface area contributed by atoms with Crippen molar-refractivity contribution >= 4 is 39.0 Å². The van der Waals surface area contributed by atoms with Gasteiger partial charge in [-0.05, 0) is 12.1 Å². The Balaban J connectivity index is 1.99. The van der Waals surface area contributed by atoms with Crippen molar-refractivity contribution in [3.05, 3.63) is 35.5 Å². The lowest BCUT2D eigenvalue weighted by Gasteiger charge is -2.06. The first kappa shape index (κ1) is 15.3. The smallest absolute Gasteiger partial charge is 0.248 e. The molecule has 2 aromatic rings. The number of anilines is 2. The maximum Gasteiger partial charge on any atom is 0.248 e. The maximum atomic E-state index is 11.8. The van der Waals surface area contributed by atoms with Gasteiger partial charge < -0.3 is 5.32 Å². The Morgan fingerprint density at radius 2 is 2.10 bits per heavy atom. The van der Waals surface area contributed by atoms with Crippen LogP contribution in [0.5, 0.6) is 0 Å². The van der Waals surface area contributed by atoms with E-state index in [0.717, 1.165) is 11.1 Å². The second-order valence-electron chi connectivity index (χ2n) is 4.16. The zero-order valence-electron chi connectivity index (χ0n) is 10.9. The zero-order valence-corrected chi connectivity index (χ0v) is 12.5. The number of hydrogen-bond acceptors (Lipinski definition) is 5. The number of nitrogens with one attached hydrogen (secondary N) is 2. The molecule has 1 aromatic carbocycles. The summed E-state index contributed by atoms with van der Waals surface area (Å²) >= 11 is 5.92. The van der Waals surface area contributed by atoms with Crippen LogP contribution in [-0.4, -0.2) is 35.6 Å². The number of rotatable bonds is 5. The number of carbonyl (C=O) groups is 1. The lowest BCUT2D eigenvalue weighted by Crippen LogP contribution is -2.20. The highest BCUT2D eigenvalue weighted by Crippen LogP contribution is 2.20. The molecule has 0 saturated carbocycles. The quantitative estimate of drug-likeness (QED) is 0.849. The van der Waals surface area contributed by atoms with Crippen LogP contribution in [0.15, 0.2) is 30.5 Å². The third kappa shape index (κ3) is 4.72. The molecule has 0 saturated heterocycles. The molecule has 2 rings (SSSR count). The second-order valence-corrected chi connectivity index (χ2v) is 6.32. The van der Waals surface area contributed by atoms with Crippen LogP contribution < -0.4 is 10.0 Å². The van der Waals surface area contributed by atoms with Crippen LogP contribution in [0.3, 0.4) is 0 Å². The lowest BCUT2D eigenvalue weighted by molar-refractivity contribution is -0.117. The van der Waals surface area contributed by atoms with E-state index in [2.05, 4.69) is 20.2 Å². The molecule has 0 fully saturated rings. The molecule has 0 aliphatic carbocycles. The summed E-state index contributed by atoms with van der Waals surface area (Å²) in [5.41, 5.74) is 0.478. The predicted octanol–water partition coefficient (Wildman–Crippen LogP) is 0.942. The van der Waals surface area contributed by atoms with E-state index >= 15 is 0 Å². The third-order valence-corrected chi connectivity index (χ3v) is 3.17. The summed E-state index contributed by atoms with van der Waals surface area (Å²) in [7, 11) is -3.43. The van der Waals surface area contributed by atoms with Crippen LogP contribution in [0.2, 0.25) is 5.02 Å². The fourth-order valence-electron chi connectivity index (χ4n) is 1.49. The van der Waals surface area contributed by atoms with Gasteiger partial charge >= 0.3 is 0 Å². The summed E-state index contributed by atoms with van der Waals surface area (Å²) in [6.45, 7) is -0.170. The lowest BCUT2D eigenvalue weighted by atomic mass is 10.3. The van der Waals surface area contributed by atoms with Crippen molar-refractivity contribution in [1.82, 2.24) is 15.0 Å². The van der Waals surface area contributed by atoms with Crippen LogP contribution in [0, 0.1) is 0 Å². The first-order chi connectivity index (χ1) is 9.83. The maximum absolute atomic E-state index is 11.8. The molecule has 2 N–H and O–H groups in total. The summed E-state index contributed by atoms with van der Waals surface area (Å²) in [6.07, 6.45) is 2.21. The summed E-state index contributed by atoms with van der Waals surface area (Å²) in [6, 6.07) is 6.79. The molecule has 0 radical (unpaired) electrons. The Morgan fingerprint density at radius 3 is 2.76 bits per heavy atom. The van der Waals surface area contributed by atoms with Crippen LogP contribution in [0.25, 0.3) is 0 Å². The first-order valence-corrected chi connectivity index (χ1v) is 8.03. The van der Waals surface area contributed by atoms with Gasteiger partial charge in [-0.15, -0.1) is 5.10 Å². The van der Waals surface area contributed by atoms with E-state index in [1.54, 1.807) is 24.3 Å². The normalized spacial score (nSPS) is 11.1. The Hall–Kier alpha value is -2.13. The van der Waals surface area contributed by atoms with E-state index in [4.69, 9.17) is 11.6 Å². The molecule has 8 nitrogen and oxygen atoms in total. The Labute approximate surface area is 126 Å². The SMILES string of the molecule is CS(=O)(=O)Nc1cnn(CC(=O)Nc2ccccc2Cl)n1. The molecule has 0 atom stereocenters. The number of benzene rings is 1. The minimum atomic E-state index is -3.43. The van der Waals surface area contributed by atoms with E-state index in [0.29, 0.717) is 10.7 Å². The van der Waals surface area contributed by atoms with Gasteiger partial charge in [0.25, 0.3) is 0 Å². The highest BCUT2D eigenvalue weighted by molar-refractivity contribution is 7.92. The molecular formula is C11H12ClN5O3S. The molecule has 1 amide bonds. The monoisotopic (exact) mass is 329 g/mol. The Kier molecular flexibility index (Phi) is 4.43. The van der Waals surface area contributed by atoms with E-state index in [9.17, 15) is 13.2 Å². The molecule has 1 aromatic heterocycles. The van der Waals surface area contributed by atoms with Crippen molar-refractivity contribution in [2.75, 3.05) is 16.3 Å². The number of halogens is 1. The van der Waals surface area contributed by atoms with Gasteiger partial charge in [0.05, 0.1) is 23.2 Å². The van der Waals surface area contributed by atoms with Gasteiger partial charge in [-0.2, -0.15) is 9.90 Å². The van der Waals surface area contributed by atoms with Crippen LogP contribution in [-0.2, 0) is 21.4 Å². The number of sulfonamides is 1. The van der Waals surface area contributed by atoms with Gasteiger partial charge in [0.1, 0.15) is 6.54 Å². The molecule has 0 unspecified atom stereocenters. The van der Waals surface area contributed by atoms with Gasteiger partial charge in [0.2, 0.25) is 15.9 Å². The van der Waals surface area contributed by atoms with Crippen molar-refractivity contribution in [2.45, 2.75) is 6.54 Å². The van der Waals surface area contributed by atoms with E-state index in [1.807, 2.05) is 0 Å². The predicted molar refractivity (Wildman–Crippen MR) is 78.6 cm³/mol. The van der Waals surface area contributed by atoms with E-state index < -0.39 is 10.0 Å². The summed E-state index contributed by atoms with van der Waals surface area (Å²) < 4.78 is 24.2. The van der Waals surface area contributed by atoms with Crippen LogP contribution in [0.4, 0.5) is 11.5 Å². The molecule has 1 heterocycles. The van der Waals surface area contributed by atoms with Gasteiger partial charge in [-0.3, -0.25) is 9.52 Å². The minimum absolute atomic E-state index is 0.0445.